The van der Waals surface area contributed by atoms with Gasteiger partial charge in [-0.1, -0.05) is 24.3 Å². The van der Waals surface area contributed by atoms with Crippen LogP contribution in [0.2, 0.25) is 0 Å². The van der Waals surface area contributed by atoms with Crippen LogP contribution in [0.25, 0.3) is 0 Å². The quantitative estimate of drug-likeness (QED) is 0.654. The largest absolute Gasteiger partial charge is 0.396 e. The van der Waals surface area contributed by atoms with E-state index >= 15 is 0 Å². The van der Waals surface area contributed by atoms with Gasteiger partial charge in [0.1, 0.15) is 0 Å². The van der Waals surface area contributed by atoms with E-state index in [0.29, 0.717) is 0 Å². The summed E-state index contributed by atoms with van der Waals surface area (Å²) in [4.78, 5) is 0. The molecule has 0 aliphatic heterocycles. The molecular formula is C10H14O. The van der Waals surface area contributed by atoms with Gasteiger partial charge in [0.2, 0.25) is 0 Å². The Morgan fingerprint density at radius 1 is 1.45 bits per heavy atom. The van der Waals surface area contributed by atoms with Crippen LogP contribution in [0, 0.1) is 0 Å². The average Bonchev–Trinajstić information content (AvgIpc) is 2.48. The van der Waals surface area contributed by atoms with Crippen LogP contribution in [0.3, 0.4) is 0 Å². The van der Waals surface area contributed by atoms with E-state index in [1.165, 1.54) is 11.1 Å². The first-order chi connectivity index (χ1) is 5.36. The topological polar surface area (TPSA) is 20.2 Å². The monoisotopic (exact) mass is 150 g/mol. The number of hydrogen-bond donors (Lipinski definition) is 1. The van der Waals surface area contributed by atoms with E-state index in [1.807, 2.05) is 6.92 Å². The van der Waals surface area contributed by atoms with Gasteiger partial charge in [-0.2, -0.15) is 0 Å². The normalized spacial score (nSPS) is 19.5. The van der Waals surface area contributed by atoms with Crippen molar-refractivity contribution < 1.29 is 5.11 Å². The third kappa shape index (κ3) is 2.35. The Bertz CT molecular complexity index is 209. The summed E-state index contributed by atoms with van der Waals surface area (Å²) in [7, 11) is 0. The lowest BCUT2D eigenvalue weighted by molar-refractivity contribution is 0.289. The zero-order chi connectivity index (χ0) is 8.10. The van der Waals surface area contributed by atoms with Crippen LogP contribution in [-0.4, -0.2) is 11.7 Å². The summed E-state index contributed by atoms with van der Waals surface area (Å²) < 4.78 is 0. The Morgan fingerprint density at radius 2 is 2.27 bits per heavy atom. The number of aliphatic hydroxyl groups is 1. The second-order valence-corrected chi connectivity index (χ2v) is 2.67. The lowest BCUT2D eigenvalue weighted by Gasteiger charge is -1.94. The van der Waals surface area contributed by atoms with Gasteiger partial charge >= 0.3 is 0 Å². The fourth-order valence-corrected chi connectivity index (χ4v) is 1.13. The van der Waals surface area contributed by atoms with Crippen molar-refractivity contribution >= 4 is 0 Å². The molecule has 1 aliphatic rings. The number of allylic oxidation sites excluding steroid dienone is 6. The van der Waals surface area contributed by atoms with Gasteiger partial charge in [0.05, 0.1) is 0 Å². The van der Waals surface area contributed by atoms with Gasteiger partial charge in [0.15, 0.2) is 0 Å². The van der Waals surface area contributed by atoms with E-state index in [-0.39, 0.29) is 6.61 Å². The first-order valence-corrected chi connectivity index (χ1v) is 4.02. The Hall–Kier alpha value is -0.820. The molecule has 0 amide bonds. The van der Waals surface area contributed by atoms with Gasteiger partial charge in [-0.25, -0.2) is 0 Å². The van der Waals surface area contributed by atoms with Crippen molar-refractivity contribution in [1.29, 1.82) is 0 Å². The van der Waals surface area contributed by atoms with E-state index in [1.54, 1.807) is 0 Å². The van der Waals surface area contributed by atoms with Crippen LogP contribution in [-0.2, 0) is 0 Å². The summed E-state index contributed by atoms with van der Waals surface area (Å²) in [5.41, 5.74) is 2.60. The molecule has 60 valence electrons. The minimum Gasteiger partial charge on any atom is -0.396 e. The minimum absolute atomic E-state index is 0.288. The maximum atomic E-state index is 8.58. The molecule has 0 bridgehead atoms. The van der Waals surface area contributed by atoms with Crippen molar-refractivity contribution in [2.75, 3.05) is 6.61 Å². The molecule has 1 rings (SSSR count). The maximum Gasteiger partial charge on any atom is 0.0434 e. The zero-order valence-electron chi connectivity index (χ0n) is 6.88. The van der Waals surface area contributed by atoms with Gasteiger partial charge in [-0.15, -0.1) is 0 Å². The predicted molar refractivity (Wildman–Crippen MR) is 47.3 cm³/mol. The van der Waals surface area contributed by atoms with Crippen LogP contribution < -0.4 is 0 Å². The second-order valence-electron chi connectivity index (χ2n) is 2.67. The standard InChI is InChI=1S/C10H14O/c1-2-9-5-6-10(8-9)4-3-7-11/h2,5-6,8,11H,3-4,7H2,1H3. The highest BCUT2D eigenvalue weighted by atomic mass is 16.2. The molecular weight excluding hydrogens is 136 g/mol. The highest BCUT2D eigenvalue weighted by Gasteiger charge is 1.99. The summed E-state index contributed by atoms with van der Waals surface area (Å²) in [6.45, 7) is 2.32. The van der Waals surface area contributed by atoms with Gasteiger partial charge in [-0.3, -0.25) is 0 Å². The predicted octanol–water partition coefficient (Wildman–Crippen LogP) is 2.20. The molecule has 0 aromatic rings. The lowest BCUT2D eigenvalue weighted by atomic mass is 10.1. The summed E-state index contributed by atoms with van der Waals surface area (Å²) in [6, 6.07) is 0. The fourth-order valence-electron chi connectivity index (χ4n) is 1.13. The van der Waals surface area contributed by atoms with E-state index in [0.717, 1.165) is 12.8 Å². The van der Waals surface area contributed by atoms with Crippen molar-refractivity contribution in [2.24, 2.45) is 0 Å². The second kappa shape index (κ2) is 4.14. The Labute approximate surface area is 67.7 Å². The highest BCUT2D eigenvalue weighted by Crippen LogP contribution is 2.18. The van der Waals surface area contributed by atoms with Crippen molar-refractivity contribution in [2.45, 2.75) is 19.8 Å². The molecule has 1 nitrogen and oxygen atoms in total. The van der Waals surface area contributed by atoms with Crippen molar-refractivity contribution in [3.05, 3.63) is 35.5 Å². The highest BCUT2D eigenvalue weighted by molar-refractivity contribution is 5.45. The van der Waals surface area contributed by atoms with Crippen LogP contribution in [0.5, 0.6) is 0 Å². The molecule has 0 aromatic carbocycles. The van der Waals surface area contributed by atoms with Gasteiger partial charge in [0, 0.05) is 6.61 Å². The van der Waals surface area contributed by atoms with Crippen molar-refractivity contribution in [1.82, 2.24) is 0 Å². The zero-order valence-corrected chi connectivity index (χ0v) is 6.88. The Kier molecular flexibility index (Phi) is 3.12. The molecule has 1 N–H and O–H groups in total. The van der Waals surface area contributed by atoms with Crippen LogP contribution in [0.1, 0.15) is 19.8 Å². The summed E-state index contributed by atoms with van der Waals surface area (Å²) >= 11 is 0. The van der Waals surface area contributed by atoms with E-state index in [9.17, 15) is 0 Å². The Morgan fingerprint density at radius 3 is 2.82 bits per heavy atom. The summed E-state index contributed by atoms with van der Waals surface area (Å²) in [5, 5.41) is 8.58. The molecule has 0 radical (unpaired) electrons. The molecule has 0 unspecified atom stereocenters. The van der Waals surface area contributed by atoms with E-state index in [4.69, 9.17) is 5.11 Å². The SMILES string of the molecule is CC=C1C=CC(CCCO)=C1. The molecule has 0 atom stereocenters. The first kappa shape index (κ1) is 8.28. The number of hydrogen-bond acceptors (Lipinski definition) is 1. The van der Waals surface area contributed by atoms with Crippen molar-refractivity contribution in [3.63, 3.8) is 0 Å². The van der Waals surface area contributed by atoms with E-state index < -0.39 is 0 Å². The lowest BCUT2D eigenvalue weighted by Crippen LogP contribution is -1.82. The molecule has 0 fully saturated rings. The molecule has 0 saturated heterocycles. The van der Waals surface area contributed by atoms with Crippen LogP contribution in [0.15, 0.2) is 35.5 Å². The first-order valence-electron chi connectivity index (χ1n) is 4.02. The average molecular weight is 150 g/mol. The number of rotatable bonds is 3. The van der Waals surface area contributed by atoms with Gasteiger partial charge < -0.3 is 5.11 Å². The molecule has 0 aromatic heterocycles. The molecule has 11 heavy (non-hydrogen) atoms. The molecule has 0 saturated carbocycles. The molecule has 0 spiro atoms. The van der Waals surface area contributed by atoms with Gasteiger partial charge in [0.25, 0.3) is 0 Å². The van der Waals surface area contributed by atoms with Crippen molar-refractivity contribution in [3.8, 4) is 0 Å². The van der Waals surface area contributed by atoms with Crippen LogP contribution >= 0.6 is 0 Å². The fraction of sp³-hybridized carbons (Fsp3) is 0.400. The van der Waals surface area contributed by atoms with Gasteiger partial charge in [-0.05, 0) is 30.9 Å². The minimum atomic E-state index is 0.288. The summed E-state index contributed by atoms with van der Waals surface area (Å²) in [6.07, 6.45) is 10.3. The summed E-state index contributed by atoms with van der Waals surface area (Å²) in [5.74, 6) is 0. The Balaban J connectivity index is 2.44. The maximum absolute atomic E-state index is 8.58. The third-order valence-electron chi connectivity index (χ3n) is 1.80. The number of aliphatic hydroxyl groups excluding tert-OH is 1. The van der Waals surface area contributed by atoms with E-state index in [2.05, 4.69) is 24.3 Å². The third-order valence-corrected chi connectivity index (χ3v) is 1.80. The molecule has 0 heterocycles. The smallest absolute Gasteiger partial charge is 0.0434 e. The molecule has 1 aliphatic carbocycles. The molecule has 1 heteroatoms. The van der Waals surface area contributed by atoms with Crippen LogP contribution in [0.4, 0.5) is 0 Å².